The molecule has 142 valence electrons. The second kappa shape index (κ2) is 8.54. The molecule has 2 aliphatic rings. The summed E-state index contributed by atoms with van der Waals surface area (Å²) in [6, 6.07) is -0.296. The molecular formula is C18H32N4O3. The third-order valence-corrected chi connectivity index (χ3v) is 5.39. The van der Waals surface area contributed by atoms with Crippen LogP contribution in [0.15, 0.2) is 0 Å². The highest BCUT2D eigenvalue weighted by molar-refractivity contribution is 5.89. The standard InChI is InChI=1S/C18H32N4O3/c1-5-20(6-2)17(24)15-8-7-11-22(15)16(23)14-9-12-21(13-10-14)18(25)19(3)4/h14-15H,5-13H2,1-4H3. The predicted molar refractivity (Wildman–Crippen MR) is 96.0 cm³/mol. The van der Waals surface area contributed by atoms with Gasteiger partial charge in [0.2, 0.25) is 11.8 Å². The van der Waals surface area contributed by atoms with Gasteiger partial charge in [0.25, 0.3) is 0 Å². The van der Waals surface area contributed by atoms with E-state index in [1.54, 1.807) is 28.8 Å². The van der Waals surface area contributed by atoms with Crippen molar-refractivity contribution < 1.29 is 14.4 Å². The van der Waals surface area contributed by atoms with Crippen LogP contribution < -0.4 is 0 Å². The lowest BCUT2D eigenvalue weighted by atomic mass is 9.95. The van der Waals surface area contributed by atoms with Gasteiger partial charge in [0.05, 0.1) is 0 Å². The number of carbonyl (C=O) groups excluding carboxylic acids is 3. The number of amides is 4. The Bertz CT molecular complexity index is 497. The van der Waals surface area contributed by atoms with Crippen molar-refractivity contribution in [2.75, 3.05) is 46.8 Å². The van der Waals surface area contributed by atoms with Crippen molar-refractivity contribution in [3.05, 3.63) is 0 Å². The van der Waals surface area contributed by atoms with Crippen LogP contribution in [0.3, 0.4) is 0 Å². The Kier molecular flexibility index (Phi) is 6.67. The van der Waals surface area contributed by atoms with E-state index < -0.39 is 0 Å². The summed E-state index contributed by atoms with van der Waals surface area (Å²) in [5.41, 5.74) is 0. The van der Waals surface area contributed by atoms with Gasteiger partial charge in [0, 0.05) is 52.7 Å². The molecular weight excluding hydrogens is 320 g/mol. The number of hydrogen-bond acceptors (Lipinski definition) is 3. The molecule has 2 rings (SSSR count). The fourth-order valence-corrected chi connectivity index (χ4v) is 3.87. The van der Waals surface area contributed by atoms with Crippen molar-refractivity contribution >= 4 is 17.8 Å². The van der Waals surface area contributed by atoms with Gasteiger partial charge >= 0.3 is 6.03 Å². The average Bonchev–Trinajstić information content (AvgIpc) is 3.11. The highest BCUT2D eigenvalue weighted by Gasteiger charge is 2.39. The quantitative estimate of drug-likeness (QED) is 0.765. The second-order valence-corrected chi connectivity index (χ2v) is 7.14. The summed E-state index contributed by atoms with van der Waals surface area (Å²) in [6.45, 7) is 7.19. The van der Waals surface area contributed by atoms with Crippen molar-refractivity contribution in [2.24, 2.45) is 5.92 Å². The molecule has 0 aromatic carbocycles. The van der Waals surface area contributed by atoms with E-state index in [4.69, 9.17) is 0 Å². The van der Waals surface area contributed by atoms with Gasteiger partial charge in [-0.05, 0) is 39.5 Å². The molecule has 0 radical (unpaired) electrons. The number of nitrogens with zero attached hydrogens (tertiary/aromatic N) is 4. The first-order valence-corrected chi connectivity index (χ1v) is 9.46. The molecule has 2 aliphatic heterocycles. The Morgan fingerprint density at radius 2 is 1.56 bits per heavy atom. The molecule has 0 N–H and O–H groups in total. The first-order valence-electron chi connectivity index (χ1n) is 9.46. The van der Waals surface area contributed by atoms with Gasteiger partial charge < -0.3 is 19.6 Å². The molecule has 0 saturated carbocycles. The van der Waals surface area contributed by atoms with Crippen LogP contribution in [0.1, 0.15) is 39.5 Å². The van der Waals surface area contributed by atoms with Crippen LogP contribution in [-0.2, 0) is 9.59 Å². The van der Waals surface area contributed by atoms with Crippen LogP contribution in [0.2, 0.25) is 0 Å². The molecule has 0 bridgehead atoms. The van der Waals surface area contributed by atoms with Gasteiger partial charge in [0.15, 0.2) is 0 Å². The highest BCUT2D eigenvalue weighted by Crippen LogP contribution is 2.26. The van der Waals surface area contributed by atoms with Crippen LogP contribution >= 0.6 is 0 Å². The van der Waals surface area contributed by atoms with Gasteiger partial charge in [-0.25, -0.2) is 4.79 Å². The van der Waals surface area contributed by atoms with E-state index in [0.29, 0.717) is 45.6 Å². The molecule has 0 aromatic rings. The second-order valence-electron chi connectivity index (χ2n) is 7.14. The average molecular weight is 352 g/mol. The third kappa shape index (κ3) is 4.25. The lowest BCUT2D eigenvalue weighted by Gasteiger charge is -2.36. The zero-order valence-electron chi connectivity index (χ0n) is 16.0. The number of likely N-dealkylation sites (tertiary alicyclic amines) is 2. The molecule has 7 heteroatoms. The summed E-state index contributed by atoms with van der Waals surface area (Å²) in [5, 5.41) is 0. The Hall–Kier alpha value is -1.79. The SMILES string of the molecule is CCN(CC)C(=O)C1CCCN1C(=O)C1CCN(C(=O)N(C)C)CC1. The number of hydrogen-bond donors (Lipinski definition) is 0. The van der Waals surface area contributed by atoms with E-state index in [1.165, 1.54) is 0 Å². The van der Waals surface area contributed by atoms with E-state index in [2.05, 4.69) is 0 Å². The topological polar surface area (TPSA) is 64.2 Å². The van der Waals surface area contributed by atoms with E-state index in [-0.39, 0.29) is 29.8 Å². The smallest absolute Gasteiger partial charge is 0.319 e. The van der Waals surface area contributed by atoms with E-state index in [0.717, 1.165) is 12.8 Å². The third-order valence-electron chi connectivity index (χ3n) is 5.39. The Morgan fingerprint density at radius 1 is 0.960 bits per heavy atom. The molecule has 0 aliphatic carbocycles. The number of likely N-dealkylation sites (N-methyl/N-ethyl adjacent to an activating group) is 1. The summed E-state index contributed by atoms with van der Waals surface area (Å²) in [4.78, 5) is 44.7. The van der Waals surface area contributed by atoms with Crippen molar-refractivity contribution in [1.82, 2.24) is 19.6 Å². The van der Waals surface area contributed by atoms with Crippen molar-refractivity contribution in [1.29, 1.82) is 0 Å². The summed E-state index contributed by atoms with van der Waals surface area (Å²) in [7, 11) is 3.49. The van der Waals surface area contributed by atoms with Gasteiger partial charge in [-0.15, -0.1) is 0 Å². The molecule has 7 nitrogen and oxygen atoms in total. The number of rotatable bonds is 4. The van der Waals surface area contributed by atoms with Gasteiger partial charge in [-0.3, -0.25) is 9.59 Å². The fourth-order valence-electron chi connectivity index (χ4n) is 3.87. The molecule has 1 atom stereocenters. The summed E-state index contributed by atoms with van der Waals surface area (Å²) >= 11 is 0. The largest absolute Gasteiger partial charge is 0.341 e. The summed E-state index contributed by atoms with van der Waals surface area (Å²) < 4.78 is 0. The van der Waals surface area contributed by atoms with Crippen LogP contribution in [0.4, 0.5) is 4.79 Å². The van der Waals surface area contributed by atoms with E-state index in [1.807, 2.05) is 18.7 Å². The van der Waals surface area contributed by atoms with Crippen LogP contribution in [-0.4, -0.2) is 90.3 Å². The number of carbonyl (C=O) groups is 3. The minimum absolute atomic E-state index is 0.00154. The zero-order chi connectivity index (χ0) is 18.6. The first-order chi connectivity index (χ1) is 11.9. The molecule has 0 spiro atoms. The maximum absolute atomic E-state index is 13.0. The maximum Gasteiger partial charge on any atom is 0.319 e. The number of piperidine rings is 1. The molecule has 2 heterocycles. The fraction of sp³-hybridized carbons (Fsp3) is 0.833. The molecule has 4 amide bonds. The first kappa shape index (κ1) is 19.5. The van der Waals surface area contributed by atoms with Gasteiger partial charge in [-0.1, -0.05) is 0 Å². The minimum Gasteiger partial charge on any atom is -0.341 e. The minimum atomic E-state index is -0.297. The van der Waals surface area contributed by atoms with Crippen molar-refractivity contribution in [3.8, 4) is 0 Å². The Balaban J connectivity index is 1.96. The van der Waals surface area contributed by atoms with Crippen LogP contribution in [0.5, 0.6) is 0 Å². The summed E-state index contributed by atoms with van der Waals surface area (Å²) in [6.07, 6.45) is 3.02. The van der Waals surface area contributed by atoms with Crippen LogP contribution in [0, 0.1) is 5.92 Å². The Morgan fingerprint density at radius 3 is 2.08 bits per heavy atom. The van der Waals surface area contributed by atoms with Crippen LogP contribution in [0.25, 0.3) is 0 Å². The van der Waals surface area contributed by atoms with Crippen molar-refractivity contribution in [3.63, 3.8) is 0 Å². The predicted octanol–water partition coefficient (Wildman–Crippen LogP) is 1.24. The monoisotopic (exact) mass is 352 g/mol. The van der Waals surface area contributed by atoms with E-state index in [9.17, 15) is 14.4 Å². The maximum atomic E-state index is 13.0. The molecule has 2 fully saturated rings. The van der Waals surface area contributed by atoms with Crippen molar-refractivity contribution in [2.45, 2.75) is 45.6 Å². The molecule has 2 saturated heterocycles. The number of urea groups is 1. The molecule has 25 heavy (non-hydrogen) atoms. The lowest BCUT2D eigenvalue weighted by Crippen LogP contribution is -2.51. The molecule has 1 unspecified atom stereocenters. The highest BCUT2D eigenvalue weighted by atomic mass is 16.2. The normalized spacial score (nSPS) is 21.4. The Labute approximate surface area is 150 Å². The van der Waals surface area contributed by atoms with E-state index >= 15 is 0 Å². The summed E-state index contributed by atoms with van der Waals surface area (Å²) in [5.74, 6) is 0.104. The molecule has 0 aromatic heterocycles. The zero-order valence-corrected chi connectivity index (χ0v) is 16.0. The van der Waals surface area contributed by atoms with Gasteiger partial charge in [0.1, 0.15) is 6.04 Å². The van der Waals surface area contributed by atoms with Gasteiger partial charge in [-0.2, -0.15) is 0 Å². The lowest BCUT2D eigenvalue weighted by molar-refractivity contribution is -0.146.